The first-order chi connectivity index (χ1) is 11.2. The number of rotatable bonds is 5. The zero-order valence-electron chi connectivity index (χ0n) is 14.5. The van der Waals surface area contributed by atoms with Crippen LogP contribution in [0.3, 0.4) is 0 Å². The molecule has 2 amide bonds. The van der Waals surface area contributed by atoms with Gasteiger partial charge in [-0.1, -0.05) is 18.2 Å². The molecule has 1 aromatic carbocycles. The minimum atomic E-state index is -0.553. The van der Waals surface area contributed by atoms with Crippen LogP contribution < -0.4 is 10.6 Å². The summed E-state index contributed by atoms with van der Waals surface area (Å²) in [5.74, 6) is 0.531. The molecule has 2 aromatic rings. The number of furan rings is 1. The third-order valence-electron chi connectivity index (χ3n) is 3.27. The SMILES string of the molecule is C[C@@H](NC(=O)CCNC(=O)OC(C)(C)C)c1cc2ccccc2o1. The Kier molecular flexibility index (Phi) is 5.49. The van der Waals surface area contributed by atoms with Crippen LogP contribution in [-0.4, -0.2) is 24.1 Å². The largest absolute Gasteiger partial charge is 0.459 e. The highest BCUT2D eigenvalue weighted by Crippen LogP contribution is 2.23. The normalized spacial score (nSPS) is 12.7. The van der Waals surface area contributed by atoms with Crippen LogP contribution in [0.1, 0.15) is 45.9 Å². The number of carbonyl (C=O) groups is 2. The number of amides is 2. The summed E-state index contributed by atoms with van der Waals surface area (Å²) in [6, 6.07) is 9.36. The van der Waals surface area contributed by atoms with Crippen LogP contribution in [0.2, 0.25) is 0 Å². The van der Waals surface area contributed by atoms with Crippen molar-refractivity contribution in [1.29, 1.82) is 0 Å². The van der Waals surface area contributed by atoms with Crippen molar-refractivity contribution in [3.05, 3.63) is 36.1 Å². The second-order valence-corrected chi connectivity index (χ2v) is 6.65. The van der Waals surface area contributed by atoms with Crippen LogP contribution in [0, 0.1) is 0 Å². The third kappa shape index (κ3) is 5.30. The van der Waals surface area contributed by atoms with Crippen molar-refractivity contribution in [1.82, 2.24) is 10.6 Å². The van der Waals surface area contributed by atoms with Gasteiger partial charge in [-0.3, -0.25) is 4.79 Å². The molecule has 24 heavy (non-hydrogen) atoms. The van der Waals surface area contributed by atoms with Crippen LogP contribution >= 0.6 is 0 Å². The average molecular weight is 332 g/mol. The van der Waals surface area contributed by atoms with E-state index in [4.69, 9.17) is 9.15 Å². The Hall–Kier alpha value is -2.50. The van der Waals surface area contributed by atoms with Crippen LogP contribution in [0.25, 0.3) is 11.0 Å². The predicted octanol–water partition coefficient (Wildman–Crippen LogP) is 3.52. The van der Waals surface area contributed by atoms with Gasteiger partial charge in [-0.15, -0.1) is 0 Å². The van der Waals surface area contributed by atoms with E-state index in [1.54, 1.807) is 20.8 Å². The van der Waals surface area contributed by atoms with E-state index in [1.165, 1.54) is 0 Å². The highest BCUT2D eigenvalue weighted by molar-refractivity contribution is 5.79. The summed E-state index contributed by atoms with van der Waals surface area (Å²) in [5.41, 5.74) is 0.238. The molecular formula is C18H24N2O4. The first-order valence-electron chi connectivity index (χ1n) is 7.99. The van der Waals surface area contributed by atoms with E-state index >= 15 is 0 Å². The van der Waals surface area contributed by atoms with E-state index in [1.807, 2.05) is 37.3 Å². The molecule has 2 rings (SSSR count). The van der Waals surface area contributed by atoms with Gasteiger partial charge in [0.1, 0.15) is 16.9 Å². The van der Waals surface area contributed by atoms with Gasteiger partial charge in [-0.05, 0) is 39.8 Å². The molecule has 0 radical (unpaired) electrons. The molecule has 0 unspecified atom stereocenters. The highest BCUT2D eigenvalue weighted by Gasteiger charge is 2.17. The monoisotopic (exact) mass is 332 g/mol. The number of hydrogen-bond acceptors (Lipinski definition) is 4. The molecule has 130 valence electrons. The van der Waals surface area contributed by atoms with Gasteiger partial charge >= 0.3 is 6.09 Å². The Morgan fingerprint density at radius 2 is 1.96 bits per heavy atom. The van der Waals surface area contributed by atoms with Crippen molar-refractivity contribution in [2.45, 2.75) is 45.8 Å². The molecular weight excluding hydrogens is 308 g/mol. The maximum Gasteiger partial charge on any atom is 0.407 e. The van der Waals surface area contributed by atoms with Crippen molar-refractivity contribution in [2.75, 3.05) is 6.54 Å². The van der Waals surface area contributed by atoms with E-state index in [9.17, 15) is 9.59 Å². The van der Waals surface area contributed by atoms with E-state index in [0.29, 0.717) is 5.76 Å². The van der Waals surface area contributed by atoms with Crippen molar-refractivity contribution in [2.24, 2.45) is 0 Å². The van der Waals surface area contributed by atoms with Crippen LogP contribution in [0.4, 0.5) is 4.79 Å². The summed E-state index contributed by atoms with van der Waals surface area (Å²) < 4.78 is 10.8. The summed E-state index contributed by atoms with van der Waals surface area (Å²) in [6.07, 6.45) is -0.357. The number of nitrogens with one attached hydrogen (secondary N) is 2. The van der Waals surface area contributed by atoms with E-state index < -0.39 is 11.7 Å². The fourth-order valence-electron chi connectivity index (χ4n) is 2.19. The first-order valence-corrected chi connectivity index (χ1v) is 7.99. The molecule has 1 heterocycles. The maximum atomic E-state index is 12.0. The molecule has 0 aliphatic rings. The Bertz CT molecular complexity index is 682. The molecule has 6 nitrogen and oxygen atoms in total. The second kappa shape index (κ2) is 7.38. The van der Waals surface area contributed by atoms with Crippen molar-refractivity contribution < 1.29 is 18.7 Å². The van der Waals surface area contributed by atoms with Crippen LogP contribution in [-0.2, 0) is 9.53 Å². The van der Waals surface area contributed by atoms with E-state index in [2.05, 4.69) is 10.6 Å². The zero-order chi connectivity index (χ0) is 17.7. The summed E-state index contributed by atoms with van der Waals surface area (Å²) in [7, 11) is 0. The van der Waals surface area contributed by atoms with Gasteiger partial charge in [0.05, 0.1) is 6.04 Å². The molecule has 1 atom stereocenters. The predicted molar refractivity (Wildman–Crippen MR) is 91.6 cm³/mol. The Labute approximate surface area is 141 Å². The average Bonchev–Trinajstić information content (AvgIpc) is 2.89. The molecule has 0 saturated heterocycles. The maximum absolute atomic E-state index is 12.0. The van der Waals surface area contributed by atoms with Crippen LogP contribution in [0.5, 0.6) is 0 Å². The summed E-state index contributed by atoms with van der Waals surface area (Å²) in [4.78, 5) is 23.5. The van der Waals surface area contributed by atoms with Crippen LogP contribution in [0.15, 0.2) is 34.7 Å². The number of alkyl carbamates (subject to hydrolysis) is 1. The number of fused-ring (bicyclic) bond motifs is 1. The van der Waals surface area contributed by atoms with Crippen molar-refractivity contribution >= 4 is 23.0 Å². The van der Waals surface area contributed by atoms with Gasteiger partial charge in [0.2, 0.25) is 5.91 Å². The van der Waals surface area contributed by atoms with E-state index in [0.717, 1.165) is 11.0 Å². The Morgan fingerprint density at radius 3 is 2.62 bits per heavy atom. The van der Waals surface area contributed by atoms with Gasteiger partial charge in [0.15, 0.2) is 0 Å². The van der Waals surface area contributed by atoms with Gasteiger partial charge in [0.25, 0.3) is 0 Å². The smallest absolute Gasteiger partial charge is 0.407 e. The van der Waals surface area contributed by atoms with Crippen molar-refractivity contribution in [3.63, 3.8) is 0 Å². The minimum absolute atomic E-state index is 0.168. The lowest BCUT2D eigenvalue weighted by molar-refractivity contribution is -0.121. The summed E-state index contributed by atoms with van der Waals surface area (Å²) in [5, 5.41) is 6.41. The zero-order valence-corrected chi connectivity index (χ0v) is 14.5. The minimum Gasteiger partial charge on any atom is -0.459 e. The van der Waals surface area contributed by atoms with Gasteiger partial charge in [-0.25, -0.2) is 4.79 Å². The van der Waals surface area contributed by atoms with E-state index in [-0.39, 0.29) is 24.9 Å². The Morgan fingerprint density at radius 1 is 1.25 bits per heavy atom. The summed E-state index contributed by atoms with van der Waals surface area (Å²) >= 11 is 0. The number of para-hydroxylation sites is 1. The van der Waals surface area contributed by atoms with Gasteiger partial charge in [-0.2, -0.15) is 0 Å². The molecule has 0 saturated carbocycles. The number of benzene rings is 1. The molecule has 0 fully saturated rings. The number of ether oxygens (including phenoxy) is 1. The molecule has 0 spiro atoms. The van der Waals surface area contributed by atoms with Crippen molar-refractivity contribution in [3.8, 4) is 0 Å². The number of hydrogen-bond donors (Lipinski definition) is 2. The lowest BCUT2D eigenvalue weighted by Crippen LogP contribution is -2.35. The lowest BCUT2D eigenvalue weighted by Gasteiger charge is -2.19. The Balaban J connectivity index is 1.78. The fraction of sp³-hybridized carbons (Fsp3) is 0.444. The number of carbonyl (C=O) groups excluding carboxylic acids is 2. The standard InChI is InChI=1S/C18H24N2O4/c1-12(15-11-13-7-5-6-8-14(13)23-15)20-16(21)9-10-19-17(22)24-18(2,3)4/h5-8,11-12H,9-10H2,1-4H3,(H,19,22)(H,20,21)/t12-/m1/s1. The third-order valence-corrected chi connectivity index (χ3v) is 3.27. The molecule has 1 aromatic heterocycles. The molecule has 2 N–H and O–H groups in total. The van der Waals surface area contributed by atoms with Gasteiger partial charge in [0, 0.05) is 18.4 Å². The summed E-state index contributed by atoms with van der Waals surface area (Å²) in [6.45, 7) is 7.43. The lowest BCUT2D eigenvalue weighted by atomic mass is 10.2. The fourth-order valence-corrected chi connectivity index (χ4v) is 2.19. The molecule has 0 aliphatic heterocycles. The quantitative estimate of drug-likeness (QED) is 0.878. The topological polar surface area (TPSA) is 80.6 Å². The highest BCUT2D eigenvalue weighted by atomic mass is 16.6. The molecule has 6 heteroatoms. The molecule has 0 bridgehead atoms. The second-order valence-electron chi connectivity index (χ2n) is 6.65. The first kappa shape index (κ1) is 17.8. The van der Waals surface area contributed by atoms with Gasteiger partial charge < -0.3 is 19.8 Å². The molecule has 0 aliphatic carbocycles.